The average Bonchev–Trinajstić information content (AvgIpc) is 2.65. The highest BCUT2D eigenvalue weighted by molar-refractivity contribution is 5.83. The molecule has 0 amide bonds. The SMILES string of the molecule is O=C(O)CN1CCN(CC(=O)O)CC(C(=O)O)(N(CC(=O)O)CC(=O)O)C1. The maximum atomic E-state index is 12.1. The van der Waals surface area contributed by atoms with Crippen molar-refractivity contribution in [3.05, 3.63) is 0 Å². The molecule has 0 aromatic rings. The molecule has 0 aromatic carbocycles. The molecule has 152 valence electrons. The van der Waals surface area contributed by atoms with Gasteiger partial charge in [-0.05, 0) is 0 Å². The third-order valence-electron chi connectivity index (χ3n) is 4.08. The van der Waals surface area contributed by atoms with Crippen molar-refractivity contribution in [1.29, 1.82) is 0 Å². The van der Waals surface area contributed by atoms with E-state index in [1.165, 1.54) is 9.80 Å². The minimum absolute atomic E-state index is 0.0165. The third-order valence-corrected chi connectivity index (χ3v) is 4.08. The van der Waals surface area contributed by atoms with E-state index in [0.717, 1.165) is 0 Å². The van der Waals surface area contributed by atoms with E-state index in [1.54, 1.807) is 0 Å². The van der Waals surface area contributed by atoms with Crippen molar-refractivity contribution in [2.75, 3.05) is 52.4 Å². The van der Waals surface area contributed by atoms with E-state index in [0.29, 0.717) is 4.90 Å². The van der Waals surface area contributed by atoms with Gasteiger partial charge in [0.05, 0.1) is 26.2 Å². The van der Waals surface area contributed by atoms with E-state index in [2.05, 4.69) is 0 Å². The van der Waals surface area contributed by atoms with E-state index >= 15 is 0 Å². The number of carboxylic acids is 5. The summed E-state index contributed by atoms with van der Waals surface area (Å²) in [5.41, 5.74) is -2.13. The Labute approximate surface area is 153 Å². The first-order chi connectivity index (χ1) is 12.5. The van der Waals surface area contributed by atoms with Gasteiger partial charge in [-0.25, -0.2) is 0 Å². The number of aliphatic carboxylic acids is 5. The Kier molecular flexibility index (Phi) is 7.63. The highest BCUT2D eigenvalue weighted by Gasteiger charge is 2.50. The van der Waals surface area contributed by atoms with Gasteiger partial charge in [0.2, 0.25) is 0 Å². The summed E-state index contributed by atoms with van der Waals surface area (Å²) in [6.07, 6.45) is 0. The molecule has 0 saturated carbocycles. The Hall–Kier alpha value is -2.77. The molecule has 0 atom stereocenters. The molecule has 1 aliphatic heterocycles. The Balaban J connectivity index is 3.38. The van der Waals surface area contributed by atoms with Gasteiger partial charge in [0.15, 0.2) is 0 Å². The fourth-order valence-electron chi connectivity index (χ4n) is 3.04. The maximum Gasteiger partial charge on any atom is 0.326 e. The minimum atomic E-state index is -2.13. The highest BCUT2D eigenvalue weighted by Crippen LogP contribution is 2.23. The predicted molar refractivity (Wildman–Crippen MR) is 85.4 cm³/mol. The van der Waals surface area contributed by atoms with Crippen LogP contribution in [-0.2, 0) is 24.0 Å². The lowest BCUT2D eigenvalue weighted by molar-refractivity contribution is -0.161. The summed E-state index contributed by atoms with van der Waals surface area (Å²) in [4.78, 5) is 59.7. The molecule has 1 aliphatic rings. The van der Waals surface area contributed by atoms with E-state index < -0.39 is 74.7 Å². The number of nitrogens with zero attached hydrogens (tertiary/aromatic N) is 3. The summed E-state index contributed by atoms with van der Waals surface area (Å²) in [5.74, 6) is -7.04. The van der Waals surface area contributed by atoms with E-state index in [4.69, 9.17) is 20.4 Å². The molecular formula is C14H21N3O10. The van der Waals surface area contributed by atoms with Crippen molar-refractivity contribution >= 4 is 29.8 Å². The van der Waals surface area contributed by atoms with Gasteiger partial charge >= 0.3 is 29.8 Å². The Morgan fingerprint density at radius 1 is 0.704 bits per heavy atom. The quantitative estimate of drug-likeness (QED) is 0.254. The second-order valence-electron chi connectivity index (χ2n) is 6.19. The Morgan fingerprint density at radius 3 is 1.33 bits per heavy atom. The highest BCUT2D eigenvalue weighted by atomic mass is 16.4. The van der Waals surface area contributed by atoms with Crippen molar-refractivity contribution in [2.24, 2.45) is 0 Å². The molecule has 5 N–H and O–H groups in total. The summed E-state index contributed by atoms with van der Waals surface area (Å²) in [6.45, 7) is -3.92. The van der Waals surface area contributed by atoms with Crippen LogP contribution in [0.25, 0.3) is 0 Å². The van der Waals surface area contributed by atoms with Crippen molar-refractivity contribution in [3.63, 3.8) is 0 Å². The molecule has 0 spiro atoms. The van der Waals surface area contributed by atoms with Crippen LogP contribution in [0.4, 0.5) is 0 Å². The van der Waals surface area contributed by atoms with Crippen LogP contribution in [-0.4, -0.2) is 128 Å². The summed E-state index contributed by atoms with van der Waals surface area (Å²) in [5, 5.41) is 46.0. The molecule has 0 aliphatic carbocycles. The average molecular weight is 391 g/mol. The summed E-state index contributed by atoms with van der Waals surface area (Å²) in [7, 11) is 0. The molecule has 1 heterocycles. The molecule has 1 saturated heterocycles. The molecule has 27 heavy (non-hydrogen) atoms. The lowest BCUT2D eigenvalue weighted by Crippen LogP contribution is -2.66. The van der Waals surface area contributed by atoms with Crippen molar-refractivity contribution < 1.29 is 49.5 Å². The normalized spacial score (nSPS) is 18.0. The predicted octanol–water partition coefficient (Wildman–Crippen LogP) is -2.93. The van der Waals surface area contributed by atoms with Gasteiger partial charge in [0, 0.05) is 26.2 Å². The first-order valence-electron chi connectivity index (χ1n) is 7.76. The van der Waals surface area contributed by atoms with Crippen molar-refractivity contribution in [1.82, 2.24) is 14.7 Å². The first-order valence-corrected chi connectivity index (χ1v) is 7.76. The lowest BCUT2D eigenvalue weighted by Gasteiger charge is -2.41. The molecule has 13 nitrogen and oxygen atoms in total. The van der Waals surface area contributed by atoms with Gasteiger partial charge in [0.1, 0.15) is 5.54 Å². The molecule has 0 unspecified atom stereocenters. The van der Waals surface area contributed by atoms with Gasteiger partial charge in [-0.15, -0.1) is 0 Å². The first kappa shape index (κ1) is 22.3. The van der Waals surface area contributed by atoms with Crippen LogP contribution in [0.2, 0.25) is 0 Å². The van der Waals surface area contributed by atoms with Gasteiger partial charge < -0.3 is 25.5 Å². The molecule has 13 heteroatoms. The van der Waals surface area contributed by atoms with Gasteiger partial charge in [-0.3, -0.25) is 38.7 Å². The van der Waals surface area contributed by atoms with Gasteiger partial charge in [-0.1, -0.05) is 0 Å². The monoisotopic (exact) mass is 391 g/mol. The van der Waals surface area contributed by atoms with Crippen LogP contribution >= 0.6 is 0 Å². The molecule has 0 bridgehead atoms. The number of hydrogen-bond acceptors (Lipinski definition) is 8. The summed E-state index contributed by atoms with van der Waals surface area (Å²) >= 11 is 0. The number of carboxylic acid groups (broad SMARTS) is 5. The van der Waals surface area contributed by atoms with Crippen LogP contribution in [0.15, 0.2) is 0 Å². The zero-order valence-corrected chi connectivity index (χ0v) is 14.3. The van der Waals surface area contributed by atoms with Crippen LogP contribution in [0.1, 0.15) is 0 Å². The zero-order valence-electron chi connectivity index (χ0n) is 14.3. The third kappa shape index (κ3) is 6.47. The van der Waals surface area contributed by atoms with E-state index in [9.17, 15) is 29.1 Å². The Bertz CT molecular complexity index is 580. The zero-order chi connectivity index (χ0) is 20.8. The fraction of sp³-hybridized carbons (Fsp3) is 0.643. The molecule has 0 aromatic heterocycles. The van der Waals surface area contributed by atoms with Crippen molar-refractivity contribution in [3.8, 4) is 0 Å². The van der Waals surface area contributed by atoms with Gasteiger partial charge in [-0.2, -0.15) is 0 Å². The van der Waals surface area contributed by atoms with Crippen LogP contribution < -0.4 is 0 Å². The topological polar surface area (TPSA) is 196 Å². The van der Waals surface area contributed by atoms with Crippen LogP contribution in [0, 0.1) is 0 Å². The molecule has 1 rings (SSSR count). The number of rotatable bonds is 10. The molecule has 1 fully saturated rings. The summed E-state index contributed by atoms with van der Waals surface area (Å²) < 4.78 is 0. The van der Waals surface area contributed by atoms with Crippen LogP contribution in [0.3, 0.4) is 0 Å². The number of carbonyl (C=O) groups is 5. The van der Waals surface area contributed by atoms with Crippen molar-refractivity contribution in [2.45, 2.75) is 5.54 Å². The van der Waals surface area contributed by atoms with Gasteiger partial charge in [0.25, 0.3) is 0 Å². The smallest absolute Gasteiger partial charge is 0.326 e. The van der Waals surface area contributed by atoms with E-state index in [-0.39, 0.29) is 13.1 Å². The summed E-state index contributed by atoms with van der Waals surface area (Å²) in [6, 6.07) is 0. The Morgan fingerprint density at radius 2 is 1.07 bits per heavy atom. The standard InChI is InChI=1S/C14H21N3O10/c18-9(19)3-15-1-2-16(4-10(20)21)8-14(7-15,13(26)27)17(5-11(22)23)6-12(24)25/h1-8H2,(H,18,19)(H,20,21)(H,22,23)(H,24,25)(H,26,27). The maximum absolute atomic E-state index is 12.1. The van der Waals surface area contributed by atoms with Crippen LogP contribution in [0.5, 0.6) is 0 Å². The molecule has 0 radical (unpaired) electrons. The second kappa shape index (κ2) is 9.25. The minimum Gasteiger partial charge on any atom is -0.480 e. The fourth-order valence-corrected chi connectivity index (χ4v) is 3.04. The second-order valence-corrected chi connectivity index (χ2v) is 6.19. The van der Waals surface area contributed by atoms with E-state index in [1.807, 2.05) is 0 Å². The lowest BCUT2D eigenvalue weighted by atomic mass is 9.95. The largest absolute Gasteiger partial charge is 0.480 e. The molecular weight excluding hydrogens is 370 g/mol. The number of hydrogen-bond donors (Lipinski definition) is 5.